The number of hydrogen-bond acceptors (Lipinski definition) is 3. The van der Waals surface area contributed by atoms with Crippen LogP contribution in [0.5, 0.6) is 5.75 Å². The van der Waals surface area contributed by atoms with Crippen LogP contribution in [0.25, 0.3) is 0 Å². The number of carbonyl (C=O) groups is 1. The van der Waals surface area contributed by atoms with Crippen LogP contribution in [0, 0.1) is 11.6 Å². The Labute approximate surface area is 104 Å². The summed E-state index contributed by atoms with van der Waals surface area (Å²) in [5, 5.41) is 2.29. The minimum atomic E-state index is -0.748. The van der Waals surface area contributed by atoms with Crippen LogP contribution in [0.3, 0.4) is 0 Å². The lowest BCUT2D eigenvalue weighted by atomic mass is 10.2. The van der Waals surface area contributed by atoms with Crippen molar-refractivity contribution in [3.8, 4) is 5.75 Å². The monoisotopic (exact) mass is 258 g/mol. The summed E-state index contributed by atoms with van der Waals surface area (Å²) in [6.45, 7) is 1.76. The average molecular weight is 258 g/mol. The molecule has 1 atom stereocenters. The van der Waals surface area contributed by atoms with Gasteiger partial charge in [-0.3, -0.25) is 4.79 Å². The van der Waals surface area contributed by atoms with Crippen LogP contribution in [-0.2, 0) is 4.79 Å². The molecule has 1 aromatic carbocycles. The highest BCUT2D eigenvalue weighted by Crippen LogP contribution is 2.24. The summed E-state index contributed by atoms with van der Waals surface area (Å²) in [6, 6.07) is 1.65. The highest BCUT2D eigenvalue weighted by Gasteiger charge is 2.12. The van der Waals surface area contributed by atoms with Crippen molar-refractivity contribution in [1.29, 1.82) is 0 Å². The molecule has 18 heavy (non-hydrogen) atoms. The summed E-state index contributed by atoms with van der Waals surface area (Å²) in [6.07, 6.45) is 0.636. The van der Waals surface area contributed by atoms with E-state index in [4.69, 9.17) is 5.73 Å². The molecule has 1 aromatic rings. The zero-order chi connectivity index (χ0) is 13.7. The molecule has 0 radical (unpaired) electrons. The number of benzene rings is 1. The van der Waals surface area contributed by atoms with Crippen molar-refractivity contribution < 1.29 is 18.3 Å². The van der Waals surface area contributed by atoms with E-state index in [-0.39, 0.29) is 23.9 Å². The van der Waals surface area contributed by atoms with Gasteiger partial charge in [0.2, 0.25) is 5.91 Å². The minimum absolute atomic E-state index is 0.117. The summed E-state index contributed by atoms with van der Waals surface area (Å²) in [5.41, 5.74) is 5.29. The number of ether oxygens (including phenoxy) is 1. The molecule has 0 aliphatic heterocycles. The van der Waals surface area contributed by atoms with Crippen LogP contribution in [0.1, 0.15) is 19.8 Å². The van der Waals surface area contributed by atoms with Crippen molar-refractivity contribution in [2.24, 2.45) is 5.73 Å². The van der Waals surface area contributed by atoms with Crippen molar-refractivity contribution in [3.05, 3.63) is 23.8 Å². The number of halogens is 2. The fraction of sp³-hybridized carbons (Fsp3) is 0.417. The SMILES string of the molecule is COc1cc(F)c(NC(=O)CCC(C)N)cc1F. The first-order valence-corrected chi connectivity index (χ1v) is 5.52. The maximum Gasteiger partial charge on any atom is 0.224 e. The molecule has 3 N–H and O–H groups in total. The van der Waals surface area contributed by atoms with Gasteiger partial charge in [-0.1, -0.05) is 0 Å². The lowest BCUT2D eigenvalue weighted by Crippen LogP contribution is -2.20. The summed E-state index contributed by atoms with van der Waals surface area (Å²) in [4.78, 5) is 11.4. The van der Waals surface area contributed by atoms with Gasteiger partial charge < -0.3 is 15.8 Å². The predicted molar refractivity (Wildman–Crippen MR) is 64.4 cm³/mol. The van der Waals surface area contributed by atoms with Crippen molar-refractivity contribution in [3.63, 3.8) is 0 Å². The topological polar surface area (TPSA) is 64.3 Å². The zero-order valence-corrected chi connectivity index (χ0v) is 10.3. The van der Waals surface area contributed by atoms with E-state index < -0.39 is 17.5 Å². The molecule has 0 bridgehead atoms. The van der Waals surface area contributed by atoms with Gasteiger partial charge in [0.25, 0.3) is 0 Å². The van der Waals surface area contributed by atoms with Crippen LogP contribution in [0.15, 0.2) is 12.1 Å². The second-order valence-corrected chi connectivity index (χ2v) is 4.03. The van der Waals surface area contributed by atoms with Gasteiger partial charge in [-0.25, -0.2) is 8.78 Å². The molecule has 6 heteroatoms. The predicted octanol–water partition coefficient (Wildman–Crippen LogP) is 2.04. The number of rotatable bonds is 5. The fourth-order valence-corrected chi connectivity index (χ4v) is 1.35. The van der Waals surface area contributed by atoms with Crippen LogP contribution >= 0.6 is 0 Å². The number of methoxy groups -OCH3 is 1. The summed E-state index contributed by atoms with van der Waals surface area (Å²) in [7, 11) is 1.23. The molecule has 0 heterocycles. The average Bonchev–Trinajstić information content (AvgIpc) is 2.30. The zero-order valence-electron chi connectivity index (χ0n) is 10.3. The van der Waals surface area contributed by atoms with Gasteiger partial charge in [-0.15, -0.1) is 0 Å². The molecule has 0 aromatic heterocycles. The van der Waals surface area contributed by atoms with E-state index in [0.29, 0.717) is 6.42 Å². The maximum absolute atomic E-state index is 13.5. The van der Waals surface area contributed by atoms with E-state index in [1.807, 2.05) is 0 Å². The van der Waals surface area contributed by atoms with Gasteiger partial charge >= 0.3 is 0 Å². The van der Waals surface area contributed by atoms with Crippen LogP contribution in [0.2, 0.25) is 0 Å². The van der Waals surface area contributed by atoms with Gasteiger partial charge in [-0.2, -0.15) is 0 Å². The van der Waals surface area contributed by atoms with Crippen LogP contribution in [-0.4, -0.2) is 19.1 Å². The molecule has 0 spiro atoms. The standard InChI is InChI=1S/C12H16F2N2O2/c1-7(15)3-4-12(17)16-10-5-9(14)11(18-2)6-8(10)13/h5-7H,3-4,15H2,1-2H3,(H,16,17). The number of amides is 1. The number of hydrogen-bond donors (Lipinski definition) is 2. The first-order chi connectivity index (χ1) is 8.43. The number of anilines is 1. The summed E-state index contributed by atoms with van der Waals surface area (Å²) >= 11 is 0. The number of carbonyl (C=O) groups excluding carboxylic acids is 1. The molecule has 0 saturated carbocycles. The Bertz CT molecular complexity index is 436. The summed E-state index contributed by atoms with van der Waals surface area (Å²) in [5.74, 6) is -2.10. The Hall–Kier alpha value is -1.69. The summed E-state index contributed by atoms with van der Waals surface area (Å²) < 4.78 is 31.4. The van der Waals surface area contributed by atoms with E-state index in [1.165, 1.54) is 7.11 Å². The third kappa shape index (κ3) is 3.96. The Morgan fingerprint density at radius 3 is 2.67 bits per heavy atom. The van der Waals surface area contributed by atoms with Gasteiger partial charge in [0.15, 0.2) is 17.4 Å². The molecule has 0 aliphatic rings. The second kappa shape index (κ2) is 6.30. The van der Waals surface area contributed by atoms with Gasteiger partial charge in [-0.05, 0) is 13.3 Å². The maximum atomic E-state index is 13.5. The van der Waals surface area contributed by atoms with Gasteiger partial charge in [0.05, 0.1) is 12.8 Å². The van der Waals surface area contributed by atoms with Crippen molar-refractivity contribution in [2.45, 2.75) is 25.8 Å². The highest BCUT2D eigenvalue weighted by atomic mass is 19.1. The highest BCUT2D eigenvalue weighted by molar-refractivity contribution is 5.90. The molecule has 0 saturated heterocycles. The molecular formula is C12H16F2N2O2. The first kappa shape index (κ1) is 14.4. The third-order valence-electron chi connectivity index (χ3n) is 2.34. The Kier molecular flexibility index (Phi) is 5.03. The van der Waals surface area contributed by atoms with Crippen molar-refractivity contribution >= 4 is 11.6 Å². The smallest absolute Gasteiger partial charge is 0.224 e. The van der Waals surface area contributed by atoms with E-state index in [2.05, 4.69) is 10.1 Å². The van der Waals surface area contributed by atoms with Crippen LogP contribution < -0.4 is 15.8 Å². The van der Waals surface area contributed by atoms with Crippen molar-refractivity contribution in [2.75, 3.05) is 12.4 Å². The lowest BCUT2D eigenvalue weighted by Gasteiger charge is -2.09. The van der Waals surface area contributed by atoms with E-state index >= 15 is 0 Å². The van der Waals surface area contributed by atoms with Gasteiger partial charge in [0, 0.05) is 24.6 Å². The fourth-order valence-electron chi connectivity index (χ4n) is 1.35. The molecule has 1 unspecified atom stereocenters. The quantitative estimate of drug-likeness (QED) is 0.849. The Balaban J connectivity index is 2.73. The molecule has 4 nitrogen and oxygen atoms in total. The number of nitrogens with one attached hydrogen (secondary N) is 1. The van der Waals surface area contributed by atoms with E-state index in [1.54, 1.807) is 6.92 Å². The first-order valence-electron chi connectivity index (χ1n) is 5.52. The molecule has 1 amide bonds. The van der Waals surface area contributed by atoms with Gasteiger partial charge in [0.1, 0.15) is 0 Å². The normalized spacial score (nSPS) is 12.1. The van der Waals surface area contributed by atoms with E-state index in [9.17, 15) is 13.6 Å². The van der Waals surface area contributed by atoms with E-state index in [0.717, 1.165) is 12.1 Å². The minimum Gasteiger partial charge on any atom is -0.494 e. The molecule has 100 valence electrons. The van der Waals surface area contributed by atoms with Crippen LogP contribution in [0.4, 0.5) is 14.5 Å². The molecule has 0 fully saturated rings. The number of nitrogens with two attached hydrogens (primary N) is 1. The Morgan fingerprint density at radius 1 is 1.44 bits per heavy atom. The lowest BCUT2D eigenvalue weighted by molar-refractivity contribution is -0.116. The second-order valence-electron chi connectivity index (χ2n) is 4.03. The molecule has 0 aliphatic carbocycles. The molecular weight excluding hydrogens is 242 g/mol. The largest absolute Gasteiger partial charge is 0.494 e. The van der Waals surface area contributed by atoms with Crippen molar-refractivity contribution in [1.82, 2.24) is 0 Å². The Morgan fingerprint density at radius 2 is 2.11 bits per heavy atom. The molecule has 1 rings (SSSR count). The third-order valence-corrected chi connectivity index (χ3v) is 2.34.